The highest BCUT2D eigenvalue weighted by atomic mass is 19.5. The van der Waals surface area contributed by atoms with Crippen LogP contribution >= 0.6 is 0 Å². The third-order valence-corrected chi connectivity index (χ3v) is 3.64. The van der Waals surface area contributed by atoms with Crippen molar-refractivity contribution in [2.75, 3.05) is 0 Å². The maximum Gasteiger partial charge on any atom is 0.553 e. The molecule has 20 heavy (non-hydrogen) atoms. The summed E-state index contributed by atoms with van der Waals surface area (Å²) in [5, 5.41) is 0. The van der Waals surface area contributed by atoms with Crippen LogP contribution in [0.2, 0.25) is 0 Å². The minimum Gasteiger partial charge on any atom is -0.142 e. The predicted molar refractivity (Wildman–Crippen MR) is 70.0 cm³/mol. The van der Waals surface area contributed by atoms with Crippen molar-refractivity contribution in [1.82, 2.24) is 0 Å². The Bertz CT molecular complexity index is 389. The summed E-state index contributed by atoms with van der Waals surface area (Å²) >= 11 is 0. The molecule has 0 aliphatic heterocycles. The fourth-order valence-corrected chi connectivity index (χ4v) is 2.86. The average molecular weight is 292 g/mol. The molecule has 1 fully saturated rings. The molecule has 0 amide bonds. The van der Waals surface area contributed by atoms with E-state index in [4.69, 9.17) is 0 Å². The molecule has 0 spiro atoms. The molecule has 1 aliphatic carbocycles. The molecule has 0 aromatic heterocycles. The lowest BCUT2D eigenvalue weighted by Gasteiger charge is -2.25. The average Bonchev–Trinajstić information content (AvgIpc) is 2.40. The van der Waals surface area contributed by atoms with Crippen molar-refractivity contribution in [3.63, 3.8) is 0 Å². The molecule has 0 atom stereocenters. The third kappa shape index (κ3) is 5.49. The van der Waals surface area contributed by atoms with E-state index in [1.807, 2.05) is 0 Å². The van der Waals surface area contributed by atoms with Gasteiger partial charge in [0, 0.05) is 0 Å². The van der Waals surface area contributed by atoms with E-state index in [2.05, 4.69) is 32.0 Å². The number of alkyl halides is 3. The zero-order chi connectivity index (χ0) is 15.2. The number of benzene rings is 1. The lowest BCUT2D eigenvalue weighted by atomic mass is 9.80. The quantitative estimate of drug-likeness (QED) is 0.598. The van der Waals surface area contributed by atoms with Gasteiger partial charge in [0.2, 0.25) is 0 Å². The van der Waals surface area contributed by atoms with E-state index in [9.17, 15) is 17.7 Å². The topological polar surface area (TPSA) is 9.23 Å². The van der Waals surface area contributed by atoms with Crippen molar-refractivity contribution in [2.24, 2.45) is 0 Å². The molecule has 1 aliphatic rings. The Morgan fingerprint density at radius 2 is 1.45 bits per heavy atom. The Morgan fingerprint density at radius 1 is 1.00 bits per heavy atom. The Hall–Kier alpha value is -1.10. The summed E-state index contributed by atoms with van der Waals surface area (Å²) in [6, 6.07) is 6.70. The summed E-state index contributed by atoms with van der Waals surface area (Å²) in [6.07, 6.45) is 2.00. The molecule has 0 radical (unpaired) electrons. The Morgan fingerprint density at radius 3 is 1.85 bits per heavy atom. The lowest BCUT2D eigenvalue weighted by molar-refractivity contribution is -0.416. The molecular formula is C15H20F4O. The second-order valence-corrected chi connectivity index (χ2v) is 5.16. The molecule has 0 heterocycles. The van der Waals surface area contributed by atoms with Gasteiger partial charge in [-0.25, -0.2) is 0 Å². The van der Waals surface area contributed by atoms with Gasteiger partial charge < -0.3 is 0 Å². The van der Waals surface area contributed by atoms with Crippen molar-refractivity contribution in [1.29, 1.82) is 0 Å². The van der Waals surface area contributed by atoms with Crippen LogP contribution in [0.15, 0.2) is 18.2 Å². The number of aryl methyl sites for hydroxylation is 2. The van der Waals surface area contributed by atoms with E-state index < -0.39 is 6.36 Å². The van der Waals surface area contributed by atoms with Crippen molar-refractivity contribution in [2.45, 2.75) is 58.2 Å². The van der Waals surface area contributed by atoms with Gasteiger partial charge in [0.25, 0.3) is 0 Å². The highest BCUT2D eigenvalue weighted by Gasteiger charge is 2.30. The summed E-state index contributed by atoms with van der Waals surface area (Å²) in [7, 11) is 0. The first-order chi connectivity index (χ1) is 9.35. The van der Waals surface area contributed by atoms with E-state index in [1.165, 1.54) is 48.2 Å². The molecule has 1 nitrogen and oxygen atoms in total. The Balaban J connectivity index is 0.000000286. The fraction of sp³-hybridized carbons (Fsp3) is 0.600. The molecule has 0 N–H and O–H groups in total. The lowest BCUT2D eigenvalue weighted by Crippen LogP contribution is -2.07. The van der Waals surface area contributed by atoms with Gasteiger partial charge in [-0.2, -0.15) is 0 Å². The van der Waals surface area contributed by atoms with Gasteiger partial charge in [-0.3, -0.25) is 0 Å². The van der Waals surface area contributed by atoms with E-state index in [0.717, 1.165) is 5.92 Å². The van der Waals surface area contributed by atoms with Crippen LogP contribution in [-0.4, -0.2) is 6.36 Å². The minimum atomic E-state index is -5.12. The monoisotopic (exact) mass is 292 g/mol. The number of rotatable bonds is 1. The molecular weight excluding hydrogens is 272 g/mol. The summed E-state index contributed by atoms with van der Waals surface area (Å²) < 4.78 is 40.4. The Labute approximate surface area is 116 Å². The maximum atomic E-state index is 10.2. The molecule has 2 rings (SSSR count). The summed E-state index contributed by atoms with van der Waals surface area (Å²) in [6.45, 7) is 4.52. The third-order valence-electron chi connectivity index (χ3n) is 3.64. The van der Waals surface area contributed by atoms with Gasteiger partial charge in [-0.15, -0.1) is 13.2 Å². The van der Waals surface area contributed by atoms with E-state index in [1.54, 1.807) is 5.56 Å². The first-order valence-corrected chi connectivity index (χ1v) is 6.77. The highest BCUT2D eigenvalue weighted by Crippen LogP contribution is 2.35. The predicted octanol–water partition coefficient (Wildman–Crippen LogP) is 5.76. The van der Waals surface area contributed by atoms with E-state index >= 15 is 0 Å². The SMILES string of the molecule is Cc1cccc(C)c1C1CCCCC1.FOC(F)(F)F. The number of halogens is 4. The molecule has 1 saturated carbocycles. The summed E-state index contributed by atoms with van der Waals surface area (Å²) in [4.78, 5) is 1.44. The molecule has 5 heteroatoms. The fourth-order valence-electron chi connectivity index (χ4n) is 2.86. The van der Waals surface area contributed by atoms with Gasteiger partial charge in [-0.1, -0.05) is 42.4 Å². The van der Waals surface area contributed by atoms with Crippen LogP contribution in [0.25, 0.3) is 0 Å². The largest absolute Gasteiger partial charge is 0.553 e. The van der Waals surface area contributed by atoms with Crippen LogP contribution in [0.5, 0.6) is 0 Å². The molecule has 114 valence electrons. The summed E-state index contributed by atoms with van der Waals surface area (Å²) in [5.74, 6) is 0.852. The smallest absolute Gasteiger partial charge is 0.142 e. The van der Waals surface area contributed by atoms with Crippen LogP contribution in [-0.2, 0) is 4.94 Å². The van der Waals surface area contributed by atoms with Crippen molar-refractivity contribution in [3.8, 4) is 0 Å². The zero-order valence-electron chi connectivity index (χ0n) is 11.8. The second-order valence-electron chi connectivity index (χ2n) is 5.16. The highest BCUT2D eigenvalue weighted by molar-refractivity contribution is 5.36. The molecule has 1 aromatic carbocycles. The molecule has 1 aromatic rings. The normalized spacial score (nSPS) is 16.5. The first kappa shape index (κ1) is 17.0. The zero-order valence-corrected chi connectivity index (χ0v) is 11.8. The summed E-state index contributed by atoms with van der Waals surface area (Å²) in [5.41, 5.74) is 4.64. The Kier molecular flexibility index (Phi) is 6.46. The number of hydrogen-bond donors (Lipinski definition) is 0. The molecule has 0 saturated heterocycles. The molecule has 0 unspecified atom stereocenters. The van der Waals surface area contributed by atoms with Gasteiger partial charge in [-0.05, 0) is 53.8 Å². The van der Waals surface area contributed by atoms with Crippen molar-refractivity contribution >= 4 is 0 Å². The second kappa shape index (κ2) is 7.62. The minimum absolute atomic E-state index is 0.852. The van der Waals surface area contributed by atoms with Crippen molar-refractivity contribution in [3.05, 3.63) is 34.9 Å². The first-order valence-electron chi connectivity index (χ1n) is 6.77. The standard InChI is InChI=1S/C14H20.CF4O/c1-11-7-6-8-12(2)14(11)13-9-4-3-5-10-13;2-1(3,4)6-5/h6-8,13H,3-5,9-10H2,1-2H3;. The maximum absolute atomic E-state index is 10.2. The van der Waals surface area contributed by atoms with Crippen molar-refractivity contribution < 1.29 is 22.6 Å². The van der Waals surface area contributed by atoms with Gasteiger partial charge >= 0.3 is 6.36 Å². The van der Waals surface area contributed by atoms with Crippen LogP contribution < -0.4 is 0 Å². The van der Waals surface area contributed by atoms with Crippen LogP contribution in [0.4, 0.5) is 17.7 Å². The van der Waals surface area contributed by atoms with Gasteiger partial charge in [0.05, 0.1) is 0 Å². The van der Waals surface area contributed by atoms with Gasteiger partial charge in [0.15, 0.2) is 0 Å². The van der Waals surface area contributed by atoms with Crippen LogP contribution in [0, 0.1) is 13.8 Å². The van der Waals surface area contributed by atoms with Gasteiger partial charge in [0.1, 0.15) is 0 Å². The van der Waals surface area contributed by atoms with Crippen LogP contribution in [0.3, 0.4) is 0 Å². The molecule has 0 bridgehead atoms. The van der Waals surface area contributed by atoms with E-state index in [0.29, 0.717) is 0 Å². The van der Waals surface area contributed by atoms with E-state index in [-0.39, 0.29) is 0 Å². The van der Waals surface area contributed by atoms with Crippen LogP contribution in [0.1, 0.15) is 54.7 Å². The number of hydrogen-bond acceptors (Lipinski definition) is 1.